The normalized spacial score (nSPS) is 11.2. The molecule has 0 saturated carbocycles. The molecule has 0 bridgehead atoms. The average molecular weight is 258 g/mol. The SMILES string of the molecule is CCCCN(CCO)[I-]C. The molecule has 0 spiro atoms. The monoisotopic (exact) mass is 258 g/mol. The first-order valence-corrected chi connectivity index (χ1v) is 6.83. The van der Waals surface area contributed by atoms with E-state index in [-0.39, 0.29) is 21.5 Å². The van der Waals surface area contributed by atoms with Crippen molar-refractivity contribution in [3.63, 3.8) is 0 Å². The molecule has 3 heteroatoms. The number of halogens is 1. The fourth-order valence-corrected chi connectivity index (χ4v) is 2.24. The molecule has 0 aromatic heterocycles. The van der Waals surface area contributed by atoms with E-state index in [0.29, 0.717) is 6.61 Å². The predicted molar refractivity (Wildman–Crippen MR) is 39.5 cm³/mol. The Hall–Kier alpha value is 0.650. The molecule has 2 nitrogen and oxygen atoms in total. The molecule has 0 rings (SSSR count). The number of alkyl halides is 1. The Morgan fingerprint density at radius 1 is 1.40 bits per heavy atom. The predicted octanol–water partition coefficient (Wildman–Crippen LogP) is -2.29. The van der Waals surface area contributed by atoms with E-state index in [1.54, 1.807) is 0 Å². The number of hydrogen-bond donors (Lipinski definition) is 1. The van der Waals surface area contributed by atoms with Crippen molar-refractivity contribution in [1.29, 1.82) is 0 Å². The van der Waals surface area contributed by atoms with Crippen LogP contribution in [-0.4, -0.2) is 32.8 Å². The third-order valence-electron chi connectivity index (χ3n) is 1.34. The number of aliphatic hydroxyl groups excluding tert-OH is 1. The summed E-state index contributed by atoms with van der Waals surface area (Å²) in [5.41, 5.74) is 0. The molecule has 0 amide bonds. The molecular weight excluding hydrogens is 241 g/mol. The van der Waals surface area contributed by atoms with Crippen molar-refractivity contribution < 1.29 is 26.6 Å². The van der Waals surface area contributed by atoms with Gasteiger partial charge >= 0.3 is 74.1 Å². The average Bonchev–Trinajstić information content (AvgIpc) is 1.98. The molecule has 0 heterocycles. The standard InChI is InChI=1S/C7H17INO/c1-3-4-5-9(8-2)6-7-10/h10H,3-7H2,1-2H3/q-1. The topological polar surface area (TPSA) is 23.5 Å². The van der Waals surface area contributed by atoms with Crippen LogP contribution < -0.4 is 21.5 Å². The van der Waals surface area contributed by atoms with Crippen LogP contribution >= 0.6 is 0 Å². The zero-order chi connectivity index (χ0) is 7.82. The molecule has 0 unspecified atom stereocenters. The van der Waals surface area contributed by atoms with E-state index in [0.717, 1.165) is 6.54 Å². The van der Waals surface area contributed by atoms with Gasteiger partial charge in [0.15, 0.2) is 0 Å². The third-order valence-corrected chi connectivity index (χ3v) is 3.67. The van der Waals surface area contributed by atoms with Gasteiger partial charge in [-0.15, -0.1) is 0 Å². The molecule has 0 aliphatic carbocycles. The molecule has 0 saturated heterocycles. The van der Waals surface area contributed by atoms with Crippen molar-refractivity contribution in [3.8, 4) is 0 Å². The van der Waals surface area contributed by atoms with E-state index in [9.17, 15) is 0 Å². The van der Waals surface area contributed by atoms with E-state index in [2.05, 4.69) is 15.0 Å². The summed E-state index contributed by atoms with van der Waals surface area (Å²) < 4.78 is 2.38. The molecule has 10 heavy (non-hydrogen) atoms. The summed E-state index contributed by atoms with van der Waals surface area (Å²) in [5, 5.41) is 8.64. The van der Waals surface area contributed by atoms with Crippen LogP contribution in [0, 0.1) is 0 Å². The van der Waals surface area contributed by atoms with Gasteiger partial charge in [-0.05, 0) is 0 Å². The number of unbranched alkanes of at least 4 members (excludes halogenated alkanes) is 1. The van der Waals surface area contributed by atoms with Gasteiger partial charge in [-0.2, -0.15) is 0 Å². The summed E-state index contributed by atoms with van der Waals surface area (Å²) in [4.78, 5) is 2.24. The number of nitrogens with zero attached hydrogens (tertiary/aromatic N) is 1. The Bertz CT molecular complexity index is 70.6. The van der Waals surface area contributed by atoms with Crippen molar-refractivity contribution in [3.05, 3.63) is 0 Å². The van der Waals surface area contributed by atoms with E-state index >= 15 is 0 Å². The van der Waals surface area contributed by atoms with Crippen LogP contribution in [0.4, 0.5) is 0 Å². The van der Waals surface area contributed by atoms with Crippen LogP contribution in [0.2, 0.25) is 0 Å². The maximum absolute atomic E-state index is 8.64. The van der Waals surface area contributed by atoms with Crippen molar-refractivity contribution in [2.45, 2.75) is 19.8 Å². The third kappa shape index (κ3) is 5.44. The van der Waals surface area contributed by atoms with Crippen LogP contribution in [0.5, 0.6) is 0 Å². The number of hydrogen-bond acceptors (Lipinski definition) is 2. The van der Waals surface area contributed by atoms with E-state index in [4.69, 9.17) is 5.11 Å². The van der Waals surface area contributed by atoms with Crippen LogP contribution in [0.1, 0.15) is 19.8 Å². The molecule has 64 valence electrons. The van der Waals surface area contributed by atoms with E-state index < -0.39 is 0 Å². The first kappa shape index (κ1) is 10.7. The van der Waals surface area contributed by atoms with Gasteiger partial charge in [0, 0.05) is 0 Å². The van der Waals surface area contributed by atoms with Crippen molar-refractivity contribution in [1.82, 2.24) is 3.11 Å². The van der Waals surface area contributed by atoms with Crippen LogP contribution in [0.25, 0.3) is 0 Å². The second-order valence-electron chi connectivity index (χ2n) is 2.16. The molecule has 0 fully saturated rings. The quantitative estimate of drug-likeness (QED) is 0.329. The molecule has 1 N–H and O–H groups in total. The van der Waals surface area contributed by atoms with E-state index in [1.807, 2.05) is 0 Å². The summed E-state index contributed by atoms with van der Waals surface area (Å²) in [7, 11) is 0. The van der Waals surface area contributed by atoms with Gasteiger partial charge in [-0.25, -0.2) is 0 Å². The molecule has 0 aliphatic rings. The summed E-state index contributed by atoms with van der Waals surface area (Å²) in [6.45, 7) is 4.58. The second kappa shape index (κ2) is 7.75. The Balaban J connectivity index is 3.21. The Labute approximate surface area is 74.2 Å². The van der Waals surface area contributed by atoms with Crippen molar-refractivity contribution in [2.75, 3.05) is 24.6 Å². The number of rotatable bonds is 6. The first-order valence-electron chi connectivity index (χ1n) is 3.70. The molecule has 0 aromatic rings. The van der Waals surface area contributed by atoms with E-state index in [1.165, 1.54) is 19.4 Å². The molecular formula is C7H17INO-. The molecule has 0 radical (unpaired) electrons. The summed E-state index contributed by atoms with van der Waals surface area (Å²) in [5.74, 6) is 0. The Morgan fingerprint density at radius 3 is 2.50 bits per heavy atom. The van der Waals surface area contributed by atoms with Crippen LogP contribution in [0.15, 0.2) is 0 Å². The van der Waals surface area contributed by atoms with Gasteiger partial charge in [-0.1, -0.05) is 0 Å². The van der Waals surface area contributed by atoms with Crippen molar-refractivity contribution in [2.24, 2.45) is 0 Å². The molecule has 0 aromatic carbocycles. The van der Waals surface area contributed by atoms with Crippen molar-refractivity contribution >= 4 is 0 Å². The van der Waals surface area contributed by atoms with Crippen LogP contribution in [-0.2, 0) is 0 Å². The van der Waals surface area contributed by atoms with Gasteiger partial charge in [0.25, 0.3) is 0 Å². The minimum absolute atomic E-state index is 0.196. The zero-order valence-electron chi connectivity index (χ0n) is 6.81. The Kier molecular flexibility index (Phi) is 8.26. The van der Waals surface area contributed by atoms with Crippen LogP contribution in [0.3, 0.4) is 0 Å². The Morgan fingerprint density at radius 2 is 2.10 bits per heavy atom. The zero-order valence-corrected chi connectivity index (χ0v) is 8.97. The second-order valence-corrected chi connectivity index (χ2v) is 4.49. The fourth-order valence-electron chi connectivity index (χ4n) is 0.719. The van der Waals surface area contributed by atoms with Gasteiger partial charge < -0.3 is 0 Å². The summed E-state index contributed by atoms with van der Waals surface area (Å²) in [6, 6.07) is 0. The summed E-state index contributed by atoms with van der Waals surface area (Å²) in [6.07, 6.45) is 2.53. The van der Waals surface area contributed by atoms with Gasteiger partial charge in [0.05, 0.1) is 0 Å². The van der Waals surface area contributed by atoms with Gasteiger partial charge in [0.1, 0.15) is 0 Å². The minimum atomic E-state index is 0.196. The fraction of sp³-hybridized carbons (Fsp3) is 1.00. The molecule has 0 aliphatic heterocycles. The number of aliphatic hydroxyl groups is 1. The van der Waals surface area contributed by atoms with Gasteiger partial charge in [0.2, 0.25) is 0 Å². The summed E-state index contributed by atoms with van der Waals surface area (Å²) >= 11 is 0.196. The maximum atomic E-state index is 8.64. The van der Waals surface area contributed by atoms with Gasteiger partial charge in [-0.3, -0.25) is 0 Å². The molecule has 0 atom stereocenters. The first-order chi connectivity index (χ1) is 4.85.